The fourth-order valence-corrected chi connectivity index (χ4v) is 4.01. The Labute approximate surface area is 181 Å². The fourth-order valence-electron chi connectivity index (χ4n) is 4.01. The summed E-state index contributed by atoms with van der Waals surface area (Å²) >= 11 is 0. The molecule has 6 heteroatoms. The first-order chi connectivity index (χ1) is 12.8. The van der Waals surface area contributed by atoms with Crippen molar-refractivity contribution in [1.29, 1.82) is 0 Å². The summed E-state index contributed by atoms with van der Waals surface area (Å²) in [5, 5.41) is 3.49. The Morgan fingerprint density at radius 3 is 2.56 bits per heavy atom. The highest BCUT2D eigenvalue weighted by Gasteiger charge is 2.26. The van der Waals surface area contributed by atoms with Crippen LogP contribution >= 0.6 is 24.0 Å². The van der Waals surface area contributed by atoms with E-state index in [0.29, 0.717) is 5.92 Å². The Morgan fingerprint density at radius 1 is 1.15 bits per heavy atom. The third-order valence-electron chi connectivity index (χ3n) is 5.54. The van der Waals surface area contributed by atoms with Crippen LogP contribution in [0.4, 0.5) is 0 Å². The molecule has 1 aromatic carbocycles. The van der Waals surface area contributed by atoms with Gasteiger partial charge in [-0.2, -0.15) is 0 Å². The van der Waals surface area contributed by atoms with E-state index in [9.17, 15) is 0 Å². The average Bonchev–Trinajstić information content (AvgIpc) is 3.18. The van der Waals surface area contributed by atoms with Crippen LogP contribution in [0.3, 0.4) is 0 Å². The summed E-state index contributed by atoms with van der Waals surface area (Å²) in [4.78, 5) is 9.90. The summed E-state index contributed by atoms with van der Waals surface area (Å²) in [5.41, 5.74) is 1.40. The van der Waals surface area contributed by atoms with Crippen LogP contribution in [0.25, 0.3) is 0 Å². The lowest BCUT2D eigenvalue weighted by atomic mass is 9.98. The Hall–Kier alpha value is -1.02. The van der Waals surface area contributed by atoms with Crippen LogP contribution in [0.1, 0.15) is 44.1 Å². The number of likely N-dealkylation sites (tertiary alicyclic amines) is 2. The van der Waals surface area contributed by atoms with Gasteiger partial charge < -0.3 is 19.9 Å². The van der Waals surface area contributed by atoms with Gasteiger partial charge >= 0.3 is 0 Å². The first-order valence-electron chi connectivity index (χ1n) is 10.2. The summed E-state index contributed by atoms with van der Waals surface area (Å²) in [6.45, 7) is 9.67. The zero-order chi connectivity index (χ0) is 18.2. The second kappa shape index (κ2) is 11.7. The highest BCUT2D eigenvalue weighted by molar-refractivity contribution is 14.0. The number of piperidine rings is 1. The number of ether oxygens (including phenoxy) is 1. The van der Waals surface area contributed by atoms with E-state index in [-0.39, 0.29) is 24.0 Å². The molecule has 1 N–H and O–H groups in total. The third kappa shape index (κ3) is 6.52. The molecule has 0 bridgehead atoms. The van der Waals surface area contributed by atoms with Crippen molar-refractivity contribution in [2.45, 2.75) is 38.5 Å². The minimum absolute atomic E-state index is 0. The summed E-state index contributed by atoms with van der Waals surface area (Å²) in [7, 11) is 1.72. The summed E-state index contributed by atoms with van der Waals surface area (Å²) in [6, 6.07) is 8.53. The minimum Gasteiger partial charge on any atom is -0.497 e. The molecule has 3 rings (SSSR count). The van der Waals surface area contributed by atoms with Crippen LogP contribution < -0.4 is 10.1 Å². The first-order valence-corrected chi connectivity index (χ1v) is 10.2. The van der Waals surface area contributed by atoms with Crippen LogP contribution in [-0.2, 0) is 0 Å². The van der Waals surface area contributed by atoms with Crippen molar-refractivity contribution >= 4 is 29.9 Å². The molecule has 0 saturated carbocycles. The van der Waals surface area contributed by atoms with Gasteiger partial charge in [-0.25, -0.2) is 0 Å². The van der Waals surface area contributed by atoms with Gasteiger partial charge in [-0.3, -0.25) is 4.99 Å². The Morgan fingerprint density at radius 2 is 1.89 bits per heavy atom. The number of guanidine groups is 1. The molecule has 1 aromatic rings. The summed E-state index contributed by atoms with van der Waals surface area (Å²) in [5.74, 6) is 2.59. The van der Waals surface area contributed by atoms with E-state index < -0.39 is 0 Å². The van der Waals surface area contributed by atoms with Gasteiger partial charge in [0.25, 0.3) is 0 Å². The maximum Gasteiger partial charge on any atom is 0.193 e. The fraction of sp³-hybridized carbons (Fsp3) is 0.667. The molecular formula is C21H35IN4O. The second-order valence-corrected chi connectivity index (χ2v) is 7.34. The van der Waals surface area contributed by atoms with Crippen LogP contribution in [0.5, 0.6) is 5.75 Å². The van der Waals surface area contributed by atoms with Gasteiger partial charge in [-0.15, -0.1) is 24.0 Å². The maximum absolute atomic E-state index is 5.27. The van der Waals surface area contributed by atoms with Gasteiger partial charge in [0.2, 0.25) is 0 Å². The van der Waals surface area contributed by atoms with Crippen LogP contribution in [-0.4, -0.2) is 68.7 Å². The third-order valence-corrected chi connectivity index (χ3v) is 5.54. The molecule has 0 aliphatic carbocycles. The summed E-state index contributed by atoms with van der Waals surface area (Å²) in [6.07, 6.45) is 5.27. The molecule has 27 heavy (non-hydrogen) atoms. The van der Waals surface area contributed by atoms with Crippen molar-refractivity contribution in [3.63, 3.8) is 0 Å². The second-order valence-electron chi connectivity index (χ2n) is 7.34. The highest BCUT2D eigenvalue weighted by atomic mass is 127. The van der Waals surface area contributed by atoms with Crippen molar-refractivity contribution in [3.05, 3.63) is 29.8 Å². The van der Waals surface area contributed by atoms with Gasteiger partial charge in [0.05, 0.1) is 13.7 Å². The number of nitrogens with zero attached hydrogens (tertiary/aromatic N) is 3. The largest absolute Gasteiger partial charge is 0.497 e. The highest BCUT2D eigenvalue weighted by Crippen LogP contribution is 2.28. The molecule has 0 aromatic heterocycles. The number of benzene rings is 1. The Kier molecular flexibility index (Phi) is 9.68. The molecule has 152 valence electrons. The molecule has 1 atom stereocenters. The van der Waals surface area contributed by atoms with E-state index in [0.717, 1.165) is 44.4 Å². The number of rotatable bonds is 6. The standard InChI is InChI=1S/C21H34N4O.HI/c1-3-22-21(23-12-16-24-13-5-4-6-14-24)25-15-11-19(17-25)18-7-9-20(26-2)10-8-18;/h7-10,19H,3-6,11-17H2,1-2H3,(H,22,23);1H. The normalized spacial score (nSPS) is 21.0. The predicted molar refractivity (Wildman–Crippen MR) is 124 cm³/mol. The molecule has 2 heterocycles. The van der Waals surface area contributed by atoms with Gasteiger partial charge in [0.1, 0.15) is 5.75 Å². The Bertz CT molecular complexity index is 572. The number of nitrogens with one attached hydrogen (secondary N) is 1. The summed E-state index contributed by atoms with van der Waals surface area (Å²) < 4.78 is 5.27. The number of hydrogen-bond acceptors (Lipinski definition) is 3. The number of hydrogen-bond donors (Lipinski definition) is 1. The predicted octanol–water partition coefficient (Wildman–Crippen LogP) is 3.55. The lowest BCUT2D eigenvalue weighted by Gasteiger charge is -2.26. The molecule has 0 amide bonds. The molecule has 0 spiro atoms. The van der Waals surface area contributed by atoms with Crippen molar-refractivity contribution in [2.24, 2.45) is 4.99 Å². The lowest BCUT2D eigenvalue weighted by molar-refractivity contribution is 0.235. The molecule has 1 unspecified atom stereocenters. The topological polar surface area (TPSA) is 40.1 Å². The zero-order valence-corrected chi connectivity index (χ0v) is 19.2. The van der Waals surface area contributed by atoms with Gasteiger partial charge in [-0.1, -0.05) is 18.6 Å². The Balaban J connectivity index is 0.00000261. The molecular weight excluding hydrogens is 451 g/mol. The molecule has 2 aliphatic heterocycles. The van der Waals surface area contributed by atoms with Gasteiger partial charge in [-0.05, 0) is 57.0 Å². The van der Waals surface area contributed by atoms with E-state index in [1.54, 1.807) is 7.11 Å². The van der Waals surface area contributed by atoms with E-state index in [4.69, 9.17) is 9.73 Å². The monoisotopic (exact) mass is 486 g/mol. The number of aliphatic imine (C=N–C) groups is 1. The average molecular weight is 486 g/mol. The van der Waals surface area contributed by atoms with Crippen LogP contribution in [0, 0.1) is 0 Å². The lowest BCUT2D eigenvalue weighted by Crippen LogP contribution is -2.40. The van der Waals surface area contributed by atoms with Crippen LogP contribution in [0.15, 0.2) is 29.3 Å². The SMILES string of the molecule is CCNC(=NCCN1CCCCC1)N1CCC(c2ccc(OC)cc2)C1.I. The molecule has 0 radical (unpaired) electrons. The maximum atomic E-state index is 5.27. The van der Waals surface area contributed by atoms with Crippen molar-refractivity contribution in [3.8, 4) is 5.75 Å². The van der Waals surface area contributed by atoms with E-state index >= 15 is 0 Å². The minimum atomic E-state index is 0. The molecule has 5 nitrogen and oxygen atoms in total. The smallest absolute Gasteiger partial charge is 0.193 e. The van der Waals surface area contributed by atoms with Crippen LogP contribution in [0.2, 0.25) is 0 Å². The number of halogens is 1. The van der Waals surface area contributed by atoms with E-state index in [2.05, 4.69) is 46.3 Å². The zero-order valence-electron chi connectivity index (χ0n) is 16.8. The molecule has 2 saturated heterocycles. The van der Waals surface area contributed by atoms with Crippen molar-refractivity contribution < 1.29 is 4.74 Å². The molecule has 2 aliphatic rings. The first kappa shape index (κ1) is 22.3. The van der Waals surface area contributed by atoms with Gasteiger partial charge in [0, 0.05) is 32.1 Å². The van der Waals surface area contributed by atoms with E-state index in [1.165, 1.54) is 44.3 Å². The van der Waals surface area contributed by atoms with Gasteiger partial charge in [0.15, 0.2) is 5.96 Å². The quantitative estimate of drug-likeness (QED) is 0.380. The van der Waals surface area contributed by atoms with E-state index in [1.807, 2.05) is 0 Å². The molecule has 2 fully saturated rings. The van der Waals surface area contributed by atoms with Crippen molar-refractivity contribution in [1.82, 2.24) is 15.1 Å². The van der Waals surface area contributed by atoms with Crippen molar-refractivity contribution in [2.75, 3.05) is 52.9 Å². The number of methoxy groups -OCH3 is 1.